The largest absolute Gasteiger partial charge is 0.353 e. The maximum Gasteiger partial charge on any atom is 0.214 e. The van der Waals surface area contributed by atoms with Gasteiger partial charge in [-0.15, -0.1) is 0 Å². The van der Waals surface area contributed by atoms with Crippen LogP contribution in [-0.2, 0) is 0 Å². The Balaban J connectivity index is 1.61. The van der Waals surface area contributed by atoms with Crippen molar-refractivity contribution in [2.75, 3.05) is 24.5 Å². The first-order valence-corrected chi connectivity index (χ1v) is 9.85. The van der Waals surface area contributed by atoms with Crippen LogP contribution in [0.1, 0.15) is 33.2 Å². The molecule has 0 saturated carbocycles. The molecular formula is C23H21ClN4O. The number of carbonyl (C=O) groups is 1. The van der Waals surface area contributed by atoms with Crippen LogP contribution in [0.5, 0.6) is 0 Å². The molecule has 146 valence electrons. The highest BCUT2D eigenvalue weighted by molar-refractivity contribution is 6.34. The van der Waals surface area contributed by atoms with Gasteiger partial charge in [-0.3, -0.25) is 9.78 Å². The number of aromatic nitrogens is 2. The van der Waals surface area contributed by atoms with Crippen molar-refractivity contribution in [3.8, 4) is 0 Å². The van der Waals surface area contributed by atoms with E-state index < -0.39 is 0 Å². The summed E-state index contributed by atoms with van der Waals surface area (Å²) < 4.78 is 0. The van der Waals surface area contributed by atoms with Crippen molar-refractivity contribution >= 4 is 29.3 Å². The third kappa shape index (κ3) is 4.21. The number of halogens is 1. The third-order valence-electron chi connectivity index (χ3n) is 5.01. The van der Waals surface area contributed by atoms with Gasteiger partial charge < -0.3 is 10.2 Å². The van der Waals surface area contributed by atoms with Gasteiger partial charge >= 0.3 is 0 Å². The Bertz CT molecular complexity index is 1040. The fourth-order valence-electron chi connectivity index (χ4n) is 3.46. The van der Waals surface area contributed by atoms with Crippen molar-refractivity contribution in [1.29, 1.82) is 0 Å². The smallest absolute Gasteiger partial charge is 0.214 e. The SMILES string of the molecule is C=Cc1cncc(C(=O)c2nc(N3CCNC(c4ccccc4)C3)ccc2Cl)c1. The average Bonchev–Trinajstić information content (AvgIpc) is 2.79. The molecule has 0 radical (unpaired) electrons. The summed E-state index contributed by atoms with van der Waals surface area (Å²) in [5.74, 6) is 0.496. The minimum Gasteiger partial charge on any atom is -0.353 e. The second-order valence-corrected chi connectivity index (χ2v) is 7.31. The van der Waals surface area contributed by atoms with Crippen molar-refractivity contribution in [3.05, 3.63) is 94.9 Å². The molecule has 1 saturated heterocycles. The van der Waals surface area contributed by atoms with Crippen LogP contribution in [0.3, 0.4) is 0 Å². The van der Waals surface area contributed by atoms with Gasteiger partial charge in [0.1, 0.15) is 11.5 Å². The van der Waals surface area contributed by atoms with E-state index in [1.807, 2.05) is 24.3 Å². The lowest BCUT2D eigenvalue weighted by Crippen LogP contribution is -2.46. The zero-order chi connectivity index (χ0) is 20.2. The van der Waals surface area contributed by atoms with Crippen LogP contribution in [0.15, 0.2) is 67.5 Å². The molecule has 0 aliphatic carbocycles. The fraction of sp³-hybridized carbons (Fsp3) is 0.174. The summed E-state index contributed by atoms with van der Waals surface area (Å²) in [6, 6.07) is 15.9. The summed E-state index contributed by atoms with van der Waals surface area (Å²) in [5.41, 5.74) is 2.68. The quantitative estimate of drug-likeness (QED) is 0.647. The van der Waals surface area contributed by atoms with Gasteiger partial charge in [-0.1, -0.05) is 54.6 Å². The van der Waals surface area contributed by atoms with Gasteiger partial charge in [-0.05, 0) is 29.3 Å². The molecule has 1 atom stereocenters. The Morgan fingerprint density at radius 2 is 2.03 bits per heavy atom. The molecule has 1 unspecified atom stereocenters. The third-order valence-corrected chi connectivity index (χ3v) is 5.31. The molecule has 1 aromatic carbocycles. The Kier molecular flexibility index (Phi) is 5.69. The first kappa shape index (κ1) is 19.3. The lowest BCUT2D eigenvalue weighted by Gasteiger charge is -2.35. The molecule has 4 rings (SSSR count). The van der Waals surface area contributed by atoms with Crippen molar-refractivity contribution < 1.29 is 4.79 Å². The zero-order valence-electron chi connectivity index (χ0n) is 15.9. The number of nitrogens with one attached hydrogen (secondary N) is 1. The lowest BCUT2D eigenvalue weighted by molar-refractivity contribution is 0.103. The standard InChI is InChI=1S/C23H21ClN4O/c1-2-16-12-18(14-25-13-16)23(29)22-19(24)8-9-21(27-22)28-11-10-26-20(15-28)17-6-4-3-5-7-17/h2-9,12-14,20,26H,1,10-11,15H2. The van der Waals surface area contributed by atoms with Crippen LogP contribution in [0, 0.1) is 0 Å². The lowest BCUT2D eigenvalue weighted by atomic mass is 10.0. The Hall–Kier alpha value is -3.02. The first-order valence-electron chi connectivity index (χ1n) is 9.47. The van der Waals surface area contributed by atoms with E-state index >= 15 is 0 Å². The Morgan fingerprint density at radius 3 is 2.83 bits per heavy atom. The maximum atomic E-state index is 13.0. The Labute approximate surface area is 175 Å². The summed E-state index contributed by atoms with van der Waals surface area (Å²) in [5, 5.41) is 3.87. The molecule has 0 spiro atoms. The number of benzene rings is 1. The number of hydrogen-bond acceptors (Lipinski definition) is 5. The number of nitrogens with zero attached hydrogens (tertiary/aromatic N) is 3. The number of carbonyl (C=O) groups excluding carboxylic acids is 1. The summed E-state index contributed by atoms with van der Waals surface area (Å²) in [6.07, 6.45) is 4.83. The van der Waals surface area contributed by atoms with Gasteiger partial charge in [0.05, 0.1) is 5.02 Å². The van der Waals surface area contributed by atoms with Crippen LogP contribution < -0.4 is 10.2 Å². The summed E-state index contributed by atoms with van der Waals surface area (Å²) in [4.78, 5) is 23.9. The average molecular weight is 405 g/mol. The first-order chi connectivity index (χ1) is 14.2. The predicted molar refractivity (Wildman–Crippen MR) is 116 cm³/mol. The molecular weight excluding hydrogens is 384 g/mol. The minimum atomic E-state index is -0.247. The van der Waals surface area contributed by atoms with Crippen LogP contribution in [0.2, 0.25) is 5.02 Å². The van der Waals surface area contributed by atoms with Crippen molar-refractivity contribution in [2.24, 2.45) is 0 Å². The normalized spacial score (nSPS) is 16.4. The van der Waals surface area contributed by atoms with E-state index in [4.69, 9.17) is 11.6 Å². The Morgan fingerprint density at radius 1 is 1.21 bits per heavy atom. The van der Waals surface area contributed by atoms with Crippen LogP contribution in [0.4, 0.5) is 5.82 Å². The van der Waals surface area contributed by atoms with Crippen LogP contribution >= 0.6 is 11.6 Å². The molecule has 2 aromatic heterocycles. The van der Waals surface area contributed by atoms with Gasteiger partial charge in [0, 0.05) is 43.6 Å². The number of ketones is 1. The molecule has 6 heteroatoms. The van der Waals surface area contributed by atoms with Gasteiger partial charge in [0.15, 0.2) is 0 Å². The molecule has 0 bridgehead atoms. The highest BCUT2D eigenvalue weighted by Gasteiger charge is 2.23. The zero-order valence-corrected chi connectivity index (χ0v) is 16.6. The van der Waals surface area contributed by atoms with Crippen molar-refractivity contribution in [1.82, 2.24) is 15.3 Å². The van der Waals surface area contributed by atoms with Crippen LogP contribution in [0.25, 0.3) is 6.08 Å². The van der Waals surface area contributed by atoms with E-state index in [9.17, 15) is 4.79 Å². The molecule has 1 aliphatic rings. The van der Waals surface area contributed by atoms with Gasteiger partial charge in [0.2, 0.25) is 5.78 Å². The molecule has 5 nitrogen and oxygen atoms in total. The van der Waals surface area contributed by atoms with Crippen LogP contribution in [-0.4, -0.2) is 35.4 Å². The minimum absolute atomic E-state index is 0.204. The van der Waals surface area contributed by atoms with E-state index in [1.165, 1.54) is 11.8 Å². The maximum absolute atomic E-state index is 13.0. The highest BCUT2D eigenvalue weighted by Crippen LogP contribution is 2.25. The molecule has 1 N–H and O–H groups in total. The number of piperazine rings is 1. The molecule has 0 amide bonds. The van der Waals surface area contributed by atoms with E-state index in [1.54, 1.807) is 24.4 Å². The van der Waals surface area contributed by atoms with E-state index in [0.29, 0.717) is 10.6 Å². The monoisotopic (exact) mass is 404 g/mol. The number of rotatable bonds is 5. The second-order valence-electron chi connectivity index (χ2n) is 6.90. The van der Waals surface area contributed by atoms with E-state index in [2.05, 4.69) is 38.9 Å². The van der Waals surface area contributed by atoms with Gasteiger partial charge in [-0.2, -0.15) is 0 Å². The second kappa shape index (κ2) is 8.55. The van der Waals surface area contributed by atoms with E-state index in [-0.39, 0.29) is 17.5 Å². The number of anilines is 1. The summed E-state index contributed by atoms with van der Waals surface area (Å²) in [7, 11) is 0. The molecule has 3 aromatic rings. The van der Waals surface area contributed by atoms with E-state index in [0.717, 1.165) is 31.0 Å². The topological polar surface area (TPSA) is 58.1 Å². The molecule has 29 heavy (non-hydrogen) atoms. The predicted octanol–water partition coefficient (Wildman–Crippen LogP) is 4.15. The molecule has 1 aliphatic heterocycles. The molecule has 3 heterocycles. The van der Waals surface area contributed by atoms with Gasteiger partial charge in [-0.25, -0.2) is 4.98 Å². The highest BCUT2D eigenvalue weighted by atomic mass is 35.5. The fourth-order valence-corrected chi connectivity index (χ4v) is 3.66. The van der Waals surface area contributed by atoms with Gasteiger partial charge in [0.25, 0.3) is 0 Å². The molecule has 1 fully saturated rings. The number of hydrogen-bond donors (Lipinski definition) is 1. The van der Waals surface area contributed by atoms with Crippen molar-refractivity contribution in [2.45, 2.75) is 6.04 Å². The van der Waals surface area contributed by atoms with Crippen molar-refractivity contribution in [3.63, 3.8) is 0 Å². The number of pyridine rings is 2. The summed E-state index contributed by atoms with van der Waals surface area (Å²) in [6.45, 7) is 6.12. The summed E-state index contributed by atoms with van der Waals surface area (Å²) >= 11 is 6.32.